The number of hydrogen-bond donors (Lipinski definition) is 3. The molecular weight excluding hydrogens is 963 g/mol. The minimum atomic E-state index is -3.56. The number of carbonyl (C=O) groups is 3. The zero-order chi connectivity index (χ0) is 47.9. The Kier molecular flexibility index (Phi) is 13.6. The van der Waals surface area contributed by atoms with Crippen molar-refractivity contribution in [2.45, 2.75) is 76.3 Å². The van der Waals surface area contributed by atoms with Gasteiger partial charge in [0.2, 0.25) is 33.7 Å². The van der Waals surface area contributed by atoms with Gasteiger partial charge in [0, 0.05) is 111 Å². The molecular formula is C48H55BrF2N10O6S. The Morgan fingerprint density at radius 2 is 1.65 bits per heavy atom. The van der Waals surface area contributed by atoms with Crippen LogP contribution in [0, 0.1) is 18.6 Å². The van der Waals surface area contributed by atoms with Crippen molar-refractivity contribution in [3.8, 4) is 5.75 Å². The fraction of sp³-hybridized carbons (Fsp3) is 0.438. The summed E-state index contributed by atoms with van der Waals surface area (Å²) in [5.74, 6) is -1.90. The van der Waals surface area contributed by atoms with Gasteiger partial charge in [0.25, 0.3) is 0 Å². The standard InChI is InChI=1S/C48H55BrF2N10O6S/c1-29-21-39(54-48-52-27-35(49)47(56-48)53-38-9-6-7-30-10-18-61(46(30)38)68(3,65)66)41(67-2)26-40(29)58-16-12-33(13-17-58)60-20-19-57(28-44(60)64)15-11-32-8-4-5-14-59(32)34-24-36(50)45(37(51)25-34)31-22-42(62)55-43(63)23-31/h6-7,9-10,18,21,24-27,31-33H,4-5,8,11-17,19-20,22-23,28H2,1-3H3,(H,55,62,63)(H2,52,53,54,56). The number of piperazine rings is 1. The molecule has 0 bridgehead atoms. The number of carbonyl (C=O) groups excluding carboxylic acids is 3. The summed E-state index contributed by atoms with van der Waals surface area (Å²) in [7, 11) is -1.94. The number of amides is 3. The summed E-state index contributed by atoms with van der Waals surface area (Å²) in [6, 6.07) is 14.1. The summed E-state index contributed by atoms with van der Waals surface area (Å²) in [4.78, 5) is 55.4. The molecule has 20 heteroatoms. The van der Waals surface area contributed by atoms with Crippen LogP contribution in [0.1, 0.15) is 68.4 Å². The number of imide groups is 1. The lowest BCUT2D eigenvalue weighted by Crippen LogP contribution is -2.56. The first-order valence-corrected chi connectivity index (χ1v) is 25.7. The fourth-order valence-electron chi connectivity index (χ4n) is 10.4. The summed E-state index contributed by atoms with van der Waals surface area (Å²) in [6.07, 6.45) is 9.22. The zero-order valence-electron chi connectivity index (χ0n) is 38.2. The van der Waals surface area contributed by atoms with Gasteiger partial charge in [0.05, 0.1) is 41.3 Å². The van der Waals surface area contributed by atoms with E-state index in [1.807, 2.05) is 36.1 Å². The van der Waals surface area contributed by atoms with E-state index in [1.165, 1.54) is 22.3 Å². The van der Waals surface area contributed by atoms with Crippen molar-refractivity contribution in [2.24, 2.45) is 0 Å². The first-order valence-electron chi connectivity index (χ1n) is 23.0. The lowest BCUT2D eigenvalue weighted by Gasteiger charge is -2.44. The Balaban J connectivity index is 0.789. The van der Waals surface area contributed by atoms with Crippen molar-refractivity contribution < 1.29 is 36.3 Å². The highest BCUT2D eigenvalue weighted by molar-refractivity contribution is 9.10. The van der Waals surface area contributed by atoms with E-state index in [9.17, 15) is 22.8 Å². The molecule has 3 aromatic carbocycles. The molecule has 5 aromatic rings. The van der Waals surface area contributed by atoms with Crippen LogP contribution in [0.2, 0.25) is 0 Å². The van der Waals surface area contributed by atoms with Gasteiger partial charge in [-0.2, -0.15) is 4.98 Å². The minimum Gasteiger partial charge on any atom is -0.494 e. The van der Waals surface area contributed by atoms with E-state index in [0.29, 0.717) is 70.7 Å². The van der Waals surface area contributed by atoms with Crippen LogP contribution in [-0.4, -0.2) is 121 Å². The minimum absolute atomic E-state index is 0.0571. The van der Waals surface area contributed by atoms with Gasteiger partial charge in [-0.3, -0.25) is 24.6 Å². The van der Waals surface area contributed by atoms with Crippen LogP contribution in [0.3, 0.4) is 0 Å². The van der Waals surface area contributed by atoms with E-state index in [-0.39, 0.29) is 36.4 Å². The van der Waals surface area contributed by atoms with E-state index in [0.717, 1.165) is 81.1 Å². The number of benzene rings is 3. The van der Waals surface area contributed by atoms with E-state index in [2.05, 4.69) is 51.6 Å². The van der Waals surface area contributed by atoms with Gasteiger partial charge in [-0.25, -0.2) is 26.2 Å². The van der Waals surface area contributed by atoms with Crippen LogP contribution < -0.4 is 30.5 Å². The number of methoxy groups -OCH3 is 1. The summed E-state index contributed by atoms with van der Waals surface area (Å²) in [5, 5.41) is 9.54. The van der Waals surface area contributed by atoms with Gasteiger partial charge in [0.15, 0.2) is 0 Å². The molecule has 1 atom stereocenters. The molecule has 3 N–H and O–H groups in total. The molecule has 4 fully saturated rings. The molecule has 2 aromatic heterocycles. The lowest BCUT2D eigenvalue weighted by atomic mass is 9.88. The zero-order valence-corrected chi connectivity index (χ0v) is 40.6. The average Bonchev–Trinajstić information content (AvgIpc) is 3.76. The summed E-state index contributed by atoms with van der Waals surface area (Å²) in [6.45, 7) is 6.66. The molecule has 0 aliphatic carbocycles. The van der Waals surface area contributed by atoms with Gasteiger partial charge in [-0.15, -0.1) is 0 Å². The fourth-order valence-corrected chi connectivity index (χ4v) is 11.5. The maximum absolute atomic E-state index is 15.5. The van der Waals surface area contributed by atoms with Gasteiger partial charge in [0.1, 0.15) is 23.2 Å². The third-order valence-electron chi connectivity index (χ3n) is 13.7. The van der Waals surface area contributed by atoms with Gasteiger partial charge >= 0.3 is 0 Å². The molecule has 4 aliphatic rings. The second-order valence-corrected chi connectivity index (χ2v) is 20.9. The topological polar surface area (TPSA) is 174 Å². The van der Waals surface area contributed by atoms with Crippen molar-refractivity contribution in [1.29, 1.82) is 0 Å². The monoisotopic (exact) mass is 1020 g/mol. The predicted molar refractivity (Wildman–Crippen MR) is 261 cm³/mol. The highest BCUT2D eigenvalue weighted by Crippen LogP contribution is 2.39. The molecule has 3 amide bonds. The number of halogens is 3. The van der Waals surface area contributed by atoms with Crippen molar-refractivity contribution in [3.05, 3.63) is 88.2 Å². The normalized spacial score (nSPS) is 19.2. The molecule has 4 aliphatic heterocycles. The maximum Gasteiger partial charge on any atom is 0.237 e. The molecule has 16 nitrogen and oxygen atoms in total. The second kappa shape index (κ2) is 19.6. The molecule has 360 valence electrons. The highest BCUT2D eigenvalue weighted by atomic mass is 79.9. The number of ether oxygens (including phenoxy) is 1. The Hall–Kier alpha value is -5.86. The van der Waals surface area contributed by atoms with Crippen LogP contribution in [0.25, 0.3) is 10.9 Å². The molecule has 4 saturated heterocycles. The van der Waals surface area contributed by atoms with Crippen molar-refractivity contribution in [3.63, 3.8) is 0 Å². The van der Waals surface area contributed by atoms with E-state index < -0.39 is 39.4 Å². The van der Waals surface area contributed by atoms with Crippen LogP contribution in [0.4, 0.5) is 43.3 Å². The lowest BCUT2D eigenvalue weighted by molar-refractivity contribution is -0.139. The van der Waals surface area contributed by atoms with Crippen LogP contribution in [-0.2, 0) is 24.4 Å². The molecule has 0 saturated carbocycles. The highest BCUT2D eigenvalue weighted by Gasteiger charge is 2.35. The molecule has 9 rings (SSSR count). The van der Waals surface area contributed by atoms with Crippen LogP contribution >= 0.6 is 15.9 Å². The maximum atomic E-state index is 15.5. The van der Waals surface area contributed by atoms with E-state index in [1.54, 1.807) is 25.4 Å². The van der Waals surface area contributed by atoms with Crippen LogP contribution in [0.15, 0.2) is 65.4 Å². The third kappa shape index (κ3) is 9.99. The van der Waals surface area contributed by atoms with Crippen molar-refractivity contribution >= 4 is 89.1 Å². The van der Waals surface area contributed by atoms with E-state index in [4.69, 9.17) is 9.72 Å². The number of nitrogens with one attached hydrogen (secondary N) is 3. The Bertz CT molecular complexity index is 2840. The number of fused-ring (bicyclic) bond motifs is 1. The quantitative estimate of drug-likeness (QED) is 0.102. The number of nitrogens with zero attached hydrogens (tertiary/aromatic N) is 7. The van der Waals surface area contributed by atoms with Gasteiger partial charge in [-0.05, 0) is 97.3 Å². The number of piperidine rings is 3. The molecule has 1 unspecified atom stereocenters. The van der Waals surface area contributed by atoms with E-state index >= 15 is 8.78 Å². The molecule has 68 heavy (non-hydrogen) atoms. The van der Waals surface area contributed by atoms with Crippen molar-refractivity contribution in [1.82, 2.24) is 29.1 Å². The third-order valence-corrected chi connectivity index (χ3v) is 15.3. The first-order chi connectivity index (χ1) is 32.6. The SMILES string of the molecule is COc1cc(N2CCC(N3CCN(CCC4CCCCN4c4cc(F)c(C5CC(=O)NC(=O)C5)c(F)c4)CC3=O)CC2)c(C)cc1Nc1ncc(Br)c(Nc2cccc3ccn(S(C)(=O)=O)c23)n1. The largest absolute Gasteiger partial charge is 0.494 e. The number of hydrogen-bond acceptors (Lipinski definition) is 13. The molecule has 0 radical (unpaired) electrons. The predicted octanol–water partition coefficient (Wildman–Crippen LogP) is 7.17. The summed E-state index contributed by atoms with van der Waals surface area (Å²) < 4.78 is 63.8. The summed E-state index contributed by atoms with van der Waals surface area (Å²) >= 11 is 3.53. The molecule has 0 spiro atoms. The second-order valence-electron chi connectivity index (χ2n) is 18.2. The smallest absolute Gasteiger partial charge is 0.237 e. The number of rotatable bonds is 13. The summed E-state index contributed by atoms with van der Waals surface area (Å²) in [5.41, 5.74) is 4.06. The number of aromatic nitrogens is 3. The number of para-hydroxylation sites is 1. The van der Waals surface area contributed by atoms with Crippen LogP contribution in [0.5, 0.6) is 5.75 Å². The Morgan fingerprint density at radius 3 is 2.35 bits per heavy atom. The average molecular weight is 1020 g/mol. The Labute approximate surface area is 402 Å². The van der Waals surface area contributed by atoms with Crippen molar-refractivity contribution in [2.75, 3.05) is 79.6 Å². The first kappa shape index (κ1) is 47.2. The molecule has 6 heterocycles. The number of aryl methyl sites for hydroxylation is 1. The number of anilines is 6. The van der Waals surface area contributed by atoms with Gasteiger partial charge in [-0.1, -0.05) is 12.1 Å². The van der Waals surface area contributed by atoms with Gasteiger partial charge < -0.3 is 30.1 Å². The Morgan fingerprint density at radius 1 is 0.897 bits per heavy atom.